The average Bonchev–Trinajstić information content (AvgIpc) is 2.85. The van der Waals surface area contributed by atoms with Crippen LogP contribution in [0.25, 0.3) is 5.57 Å². The van der Waals surface area contributed by atoms with Crippen molar-refractivity contribution in [3.05, 3.63) is 75.3 Å². The minimum Gasteiger partial charge on any atom is -0.298 e. The van der Waals surface area contributed by atoms with Crippen molar-refractivity contribution < 1.29 is 9.59 Å². The van der Waals surface area contributed by atoms with Gasteiger partial charge in [0.1, 0.15) is 6.29 Å². The van der Waals surface area contributed by atoms with Crippen molar-refractivity contribution in [2.75, 3.05) is 0 Å². The molecule has 2 nitrogen and oxygen atoms in total. The van der Waals surface area contributed by atoms with Crippen LogP contribution in [-0.2, 0) is 0 Å². The Morgan fingerprint density at radius 3 is 2.38 bits per heavy atom. The van der Waals surface area contributed by atoms with E-state index in [9.17, 15) is 9.59 Å². The first-order chi connectivity index (χ1) is 11.4. The molecule has 1 unspecified atom stereocenters. The lowest BCUT2D eigenvalue weighted by Crippen LogP contribution is -2.12. The molecule has 0 radical (unpaired) electrons. The molecule has 0 saturated carbocycles. The van der Waals surface area contributed by atoms with Gasteiger partial charge in [0.25, 0.3) is 0 Å². The van der Waals surface area contributed by atoms with Crippen LogP contribution in [-0.4, -0.2) is 12.1 Å². The van der Waals surface area contributed by atoms with E-state index >= 15 is 0 Å². The van der Waals surface area contributed by atoms with Gasteiger partial charge in [-0.2, -0.15) is 0 Å². The summed E-state index contributed by atoms with van der Waals surface area (Å²) in [7, 11) is 0. The number of allylic oxidation sites excluding steroid dienone is 2. The third kappa shape index (κ3) is 2.71. The highest BCUT2D eigenvalue weighted by atomic mass is 35.5. The lowest BCUT2D eigenvalue weighted by atomic mass is 9.88. The van der Waals surface area contributed by atoms with E-state index in [0.29, 0.717) is 16.1 Å². The number of halogens is 1. The molecule has 0 bridgehead atoms. The lowest BCUT2D eigenvalue weighted by Gasteiger charge is -2.14. The molecule has 122 valence electrons. The second-order valence-electron chi connectivity index (χ2n) is 6.52. The SMILES string of the molecule is CC1=C(C(C)C)c2cc(C=O)ccc2C1C(=O)c1ccc(Cl)cc1. The summed E-state index contributed by atoms with van der Waals surface area (Å²) in [4.78, 5) is 24.2. The first-order valence-electron chi connectivity index (χ1n) is 8.04. The van der Waals surface area contributed by atoms with E-state index in [-0.39, 0.29) is 17.6 Å². The Labute approximate surface area is 147 Å². The van der Waals surface area contributed by atoms with E-state index < -0.39 is 0 Å². The Morgan fingerprint density at radius 2 is 1.79 bits per heavy atom. The Morgan fingerprint density at radius 1 is 1.12 bits per heavy atom. The molecule has 2 aromatic rings. The molecule has 1 aliphatic carbocycles. The van der Waals surface area contributed by atoms with Gasteiger partial charge >= 0.3 is 0 Å². The number of carbonyl (C=O) groups is 2. The molecule has 0 spiro atoms. The summed E-state index contributed by atoms with van der Waals surface area (Å²) in [5.41, 5.74) is 5.55. The number of hydrogen-bond donors (Lipinski definition) is 0. The van der Waals surface area contributed by atoms with Crippen LogP contribution in [0.2, 0.25) is 5.02 Å². The van der Waals surface area contributed by atoms with E-state index in [1.54, 1.807) is 30.3 Å². The van der Waals surface area contributed by atoms with Gasteiger partial charge in [-0.15, -0.1) is 0 Å². The third-order valence-electron chi connectivity index (χ3n) is 4.64. The molecule has 2 aromatic carbocycles. The van der Waals surface area contributed by atoms with Gasteiger partial charge in [-0.3, -0.25) is 9.59 Å². The maximum absolute atomic E-state index is 13.1. The first kappa shape index (κ1) is 16.7. The molecule has 3 heteroatoms. The molecular formula is C21H19ClO2. The maximum atomic E-state index is 13.1. The predicted molar refractivity (Wildman–Crippen MR) is 97.8 cm³/mol. The Hall–Kier alpha value is -2.19. The Balaban J connectivity index is 2.13. The zero-order chi connectivity index (χ0) is 17.4. The summed E-state index contributed by atoms with van der Waals surface area (Å²) < 4.78 is 0. The first-order valence-corrected chi connectivity index (χ1v) is 8.41. The molecule has 0 saturated heterocycles. The van der Waals surface area contributed by atoms with Gasteiger partial charge in [-0.05, 0) is 59.9 Å². The third-order valence-corrected chi connectivity index (χ3v) is 4.89. The van der Waals surface area contributed by atoms with Crippen molar-refractivity contribution in [1.82, 2.24) is 0 Å². The summed E-state index contributed by atoms with van der Waals surface area (Å²) in [5.74, 6) is 0.0628. The van der Waals surface area contributed by atoms with Crippen LogP contribution in [0.15, 0.2) is 48.0 Å². The molecule has 0 heterocycles. The number of ketones is 1. The normalized spacial score (nSPS) is 16.5. The Bertz CT molecular complexity index is 845. The molecule has 24 heavy (non-hydrogen) atoms. The van der Waals surface area contributed by atoms with Crippen molar-refractivity contribution in [2.45, 2.75) is 26.7 Å². The second kappa shape index (κ2) is 6.37. The van der Waals surface area contributed by atoms with Crippen LogP contribution in [0.5, 0.6) is 0 Å². The average molecular weight is 339 g/mol. The Kier molecular flexibility index (Phi) is 4.42. The lowest BCUT2D eigenvalue weighted by molar-refractivity contribution is 0.0973. The fourth-order valence-corrected chi connectivity index (χ4v) is 3.74. The van der Waals surface area contributed by atoms with Crippen molar-refractivity contribution in [1.29, 1.82) is 0 Å². The summed E-state index contributed by atoms with van der Waals surface area (Å²) in [5, 5.41) is 0.615. The molecule has 0 N–H and O–H groups in total. The number of carbonyl (C=O) groups excluding carboxylic acids is 2. The van der Waals surface area contributed by atoms with Gasteiger partial charge in [0.2, 0.25) is 0 Å². The van der Waals surface area contributed by atoms with Gasteiger partial charge in [-0.25, -0.2) is 0 Å². The fourth-order valence-electron chi connectivity index (χ4n) is 3.62. The van der Waals surface area contributed by atoms with Gasteiger partial charge in [0, 0.05) is 16.1 Å². The number of hydrogen-bond acceptors (Lipinski definition) is 2. The van der Waals surface area contributed by atoms with Crippen molar-refractivity contribution in [3.63, 3.8) is 0 Å². The van der Waals surface area contributed by atoms with Gasteiger partial charge < -0.3 is 0 Å². The molecule has 0 fully saturated rings. The standard InChI is InChI=1S/C21H19ClO2/c1-12(2)19-13(3)20(17-9-4-14(11-23)10-18(17)19)21(24)15-5-7-16(22)8-6-15/h4-12,20H,1-3H3. The van der Waals surface area contributed by atoms with E-state index in [1.807, 2.05) is 19.1 Å². The van der Waals surface area contributed by atoms with Crippen molar-refractivity contribution >= 4 is 29.2 Å². The van der Waals surface area contributed by atoms with Gasteiger partial charge in [-0.1, -0.05) is 43.2 Å². The predicted octanol–water partition coefficient (Wildman–Crippen LogP) is 5.56. The highest BCUT2D eigenvalue weighted by Crippen LogP contribution is 2.46. The molecule has 1 aliphatic rings. The minimum absolute atomic E-state index is 0.0694. The zero-order valence-corrected chi connectivity index (χ0v) is 14.7. The molecule has 3 rings (SSSR count). The second-order valence-corrected chi connectivity index (χ2v) is 6.96. The number of fused-ring (bicyclic) bond motifs is 1. The van der Waals surface area contributed by atoms with Gasteiger partial charge in [0.05, 0.1) is 5.92 Å². The highest BCUT2D eigenvalue weighted by Gasteiger charge is 2.35. The van der Waals surface area contributed by atoms with Crippen LogP contribution in [0, 0.1) is 5.92 Å². The molecule has 1 atom stereocenters. The molecular weight excluding hydrogens is 320 g/mol. The largest absolute Gasteiger partial charge is 0.298 e. The molecule has 0 amide bonds. The summed E-state index contributed by atoms with van der Waals surface area (Å²) >= 11 is 5.93. The van der Waals surface area contributed by atoms with Crippen molar-refractivity contribution in [3.8, 4) is 0 Å². The van der Waals surface area contributed by atoms with Crippen LogP contribution >= 0.6 is 11.6 Å². The van der Waals surface area contributed by atoms with Crippen LogP contribution in [0.4, 0.5) is 0 Å². The molecule has 0 aliphatic heterocycles. The number of rotatable bonds is 4. The number of benzene rings is 2. The summed E-state index contributed by atoms with van der Waals surface area (Å²) in [6.07, 6.45) is 0.849. The maximum Gasteiger partial charge on any atom is 0.174 e. The molecule has 0 aromatic heterocycles. The van der Waals surface area contributed by atoms with Crippen molar-refractivity contribution in [2.24, 2.45) is 5.92 Å². The number of aldehydes is 1. The zero-order valence-electron chi connectivity index (χ0n) is 14.0. The van der Waals surface area contributed by atoms with E-state index in [4.69, 9.17) is 11.6 Å². The monoisotopic (exact) mass is 338 g/mol. The van der Waals surface area contributed by atoms with Crippen LogP contribution in [0.3, 0.4) is 0 Å². The van der Waals surface area contributed by atoms with Crippen LogP contribution < -0.4 is 0 Å². The topological polar surface area (TPSA) is 34.1 Å². The van der Waals surface area contributed by atoms with E-state index in [0.717, 1.165) is 23.0 Å². The highest BCUT2D eigenvalue weighted by molar-refractivity contribution is 6.30. The smallest absolute Gasteiger partial charge is 0.174 e. The van der Waals surface area contributed by atoms with Crippen LogP contribution in [0.1, 0.15) is 58.5 Å². The number of Topliss-reactive ketones (excluding diaryl/α,β-unsaturated/α-hetero) is 1. The fraction of sp³-hybridized carbons (Fsp3) is 0.238. The quantitative estimate of drug-likeness (QED) is 0.540. The van der Waals surface area contributed by atoms with E-state index in [2.05, 4.69) is 13.8 Å². The minimum atomic E-state index is -0.292. The summed E-state index contributed by atoms with van der Waals surface area (Å²) in [6.45, 7) is 6.26. The van der Waals surface area contributed by atoms with E-state index in [1.165, 1.54) is 5.57 Å². The summed E-state index contributed by atoms with van der Waals surface area (Å²) in [6, 6.07) is 12.6. The van der Waals surface area contributed by atoms with Gasteiger partial charge in [0.15, 0.2) is 5.78 Å².